The van der Waals surface area contributed by atoms with Gasteiger partial charge in [-0.1, -0.05) is 11.2 Å². The van der Waals surface area contributed by atoms with Gasteiger partial charge >= 0.3 is 5.97 Å². The van der Waals surface area contributed by atoms with Crippen LogP contribution in [-0.4, -0.2) is 49.6 Å². The molecule has 0 saturated heterocycles. The van der Waals surface area contributed by atoms with E-state index in [1.54, 1.807) is 37.3 Å². The van der Waals surface area contributed by atoms with Crippen molar-refractivity contribution in [2.75, 3.05) is 20.8 Å². The first-order chi connectivity index (χ1) is 14.8. The molecule has 0 amide bonds. The van der Waals surface area contributed by atoms with E-state index in [0.29, 0.717) is 23.6 Å². The highest BCUT2D eigenvalue weighted by Gasteiger charge is 2.26. The van der Waals surface area contributed by atoms with Crippen molar-refractivity contribution in [2.45, 2.75) is 25.3 Å². The molecule has 9 nitrogen and oxygen atoms in total. The van der Waals surface area contributed by atoms with Gasteiger partial charge < -0.3 is 14.0 Å². The number of ether oxygens (including phenoxy) is 2. The lowest BCUT2D eigenvalue weighted by molar-refractivity contribution is 0.0600. The van der Waals surface area contributed by atoms with Gasteiger partial charge in [0.1, 0.15) is 5.75 Å². The van der Waals surface area contributed by atoms with Crippen LogP contribution in [0, 0.1) is 6.92 Å². The molecule has 164 valence electrons. The summed E-state index contributed by atoms with van der Waals surface area (Å²) >= 11 is 0. The topological polar surface area (TPSA) is 112 Å². The zero-order chi connectivity index (χ0) is 22.6. The van der Waals surface area contributed by atoms with Crippen LogP contribution in [0.3, 0.4) is 0 Å². The fourth-order valence-corrected chi connectivity index (χ4v) is 4.24. The van der Waals surface area contributed by atoms with Crippen LogP contribution in [0.1, 0.15) is 28.7 Å². The Bertz CT molecular complexity index is 1170. The van der Waals surface area contributed by atoms with E-state index in [2.05, 4.69) is 14.9 Å². The highest BCUT2D eigenvalue weighted by molar-refractivity contribution is 7.89. The Kier molecular flexibility index (Phi) is 6.71. The number of sulfonamides is 1. The molecular weight excluding hydrogens is 422 g/mol. The van der Waals surface area contributed by atoms with Crippen LogP contribution < -0.4 is 4.74 Å². The summed E-state index contributed by atoms with van der Waals surface area (Å²) in [5, 5.41) is 3.93. The largest absolute Gasteiger partial charge is 0.494 e. The van der Waals surface area contributed by atoms with Gasteiger partial charge in [0.2, 0.25) is 21.7 Å². The molecule has 0 atom stereocenters. The first-order valence-electron chi connectivity index (χ1n) is 9.47. The van der Waals surface area contributed by atoms with Crippen molar-refractivity contribution in [3.05, 3.63) is 59.5 Å². The Hall–Kier alpha value is -3.24. The third-order valence-electron chi connectivity index (χ3n) is 4.55. The molecule has 0 N–H and O–H groups in total. The maximum atomic E-state index is 13.1. The van der Waals surface area contributed by atoms with Gasteiger partial charge in [-0.05, 0) is 55.8 Å². The lowest BCUT2D eigenvalue weighted by Crippen LogP contribution is -2.27. The number of hydrogen-bond donors (Lipinski definition) is 0. The molecule has 1 heterocycles. The Labute approximate surface area is 180 Å². The monoisotopic (exact) mass is 445 g/mol. The predicted molar refractivity (Wildman–Crippen MR) is 112 cm³/mol. The molecule has 0 aliphatic rings. The number of aryl methyl sites for hydroxylation is 1. The van der Waals surface area contributed by atoms with Crippen LogP contribution in [-0.2, 0) is 21.3 Å². The van der Waals surface area contributed by atoms with Crippen molar-refractivity contribution in [1.82, 2.24) is 14.4 Å². The summed E-state index contributed by atoms with van der Waals surface area (Å²) in [6.45, 7) is 3.98. The molecule has 31 heavy (non-hydrogen) atoms. The van der Waals surface area contributed by atoms with Gasteiger partial charge in [0.15, 0.2) is 0 Å². The van der Waals surface area contributed by atoms with Crippen LogP contribution in [0.2, 0.25) is 0 Å². The predicted octanol–water partition coefficient (Wildman–Crippen LogP) is 3.05. The fraction of sp³-hybridized carbons (Fsp3) is 0.286. The zero-order valence-corrected chi connectivity index (χ0v) is 18.5. The van der Waals surface area contributed by atoms with Gasteiger partial charge in [0.05, 0.1) is 30.7 Å². The molecule has 0 unspecified atom stereocenters. The maximum absolute atomic E-state index is 13.1. The van der Waals surface area contributed by atoms with Crippen molar-refractivity contribution in [3.8, 4) is 17.1 Å². The summed E-state index contributed by atoms with van der Waals surface area (Å²) in [7, 11) is -1.28. The summed E-state index contributed by atoms with van der Waals surface area (Å²) < 4.78 is 42.5. The fourth-order valence-electron chi connectivity index (χ4n) is 2.87. The van der Waals surface area contributed by atoms with E-state index >= 15 is 0 Å². The number of benzene rings is 2. The quantitative estimate of drug-likeness (QED) is 0.486. The molecule has 2 aromatic carbocycles. The van der Waals surface area contributed by atoms with Crippen LogP contribution in [0.25, 0.3) is 11.4 Å². The van der Waals surface area contributed by atoms with Crippen molar-refractivity contribution < 1.29 is 27.2 Å². The average molecular weight is 445 g/mol. The Balaban J connectivity index is 1.80. The van der Waals surface area contributed by atoms with E-state index in [9.17, 15) is 13.2 Å². The molecule has 0 aliphatic carbocycles. The summed E-state index contributed by atoms with van der Waals surface area (Å²) in [5.74, 6) is 0.589. The normalized spacial score (nSPS) is 11.5. The van der Waals surface area contributed by atoms with Gasteiger partial charge in [0, 0.05) is 12.6 Å². The summed E-state index contributed by atoms with van der Waals surface area (Å²) in [5.41, 5.74) is 1.36. The van der Waals surface area contributed by atoms with Gasteiger partial charge in [-0.2, -0.15) is 9.29 Å². The van der Waals surface area contributed by atoms with Crippen LogP contribution in [0.4, 0.5) is 0 Å². The van der Waals surface area contributed by atoms with E-state index in [1.165, 1.54) is 26.3 Å². The number of aromatic nitrogens is 2. The molecule has 0 saturated carbocycles. The molecule has 3 aromatic rings. The van der Waals surface area contributed by atoms with Gasteiger partial charge in [0.25, 0.3) is 0 Å². The SMILES string of the molecule is CCOc1ccc(-c2noc(CN(C)S(=O)(=O)c3cc(C(=O)OC)ccc3C)n2)cc1. The molecule has 0 bridgehead atoms. The van der Waals surface area contributed by atoms with E-state index in [0.717, 1.165) is 10.1 Å². The van der Waals surface area contributed by atoms with Crippen molar-refractivity contribution in [2.24, 2.45) is 0 Å². The van der Waals surface area contributed by atoms with E-state index in [-0.39, 0.29) is 22.9 Å². The highest BCUT2D eigenvalue weighted by atomic mass is 32.2. The Morgan fingerprint density at radius 2 is 1.87 bits per heavy atom. The molecule has 0 aliphatic heterocycles. The highest BCUT2D eigenvalue weighted by Crippen LogP contribution is 2.24. The molecule has 0 radical (unpaired) electrons. The minimum atomic E-state index is -3.92. The lowest BCUT2D eigenvalue weighted by Gasteiger charge is -2.17. The minimum absolute atomic E-state index is 0.00384. The number of carbonyl (C=O) groups excluding carboxylic acids is 1. The second-order valence-electron chi connectivity index (χ2n) is 6.70. The number of methoxy groups -OCH3 is 1. The number of esters is 1. The van der Waals surface area contributed by atoms with E-state index in [1.807, 2.05) is 6.92 Å². The van der Waals surface area contributed by atoms with Crippen molar-refractivity contribution >= 4 is 16.0 Å². The minimum Gasteiger partial charge on any atom is -0.494 e. The first kappa shape index (κ1) is 22.4. The zero-order valence-electron chi connectivity index (χ0n) is 17.7. The molecule has 1 aromatic heterocycles. The molecule has 0 spiro atoms. The molecule has 10 heteroatoms. The Morgan fingerprint density at radius 3 is 2.52 bits per heavy atom. The summed E-state index contributed by atoms with van der Waals surface area (Å²) in [6.07, 6.45) is 0. The van der Waals surface area contributed by atoms with Gasteiger partial charge in [-0.15, -0.1) is 0 Å². The van der Waals surface area contributed by atoms with Crippen LogP contribution >= 0.6 is 0 Å². The number of nitrogens with zero attached hydrogens (tertiary/aromatic N) is 3. The maximum Gasteiger partial charge on any atom is 0.337 e. The lowest BCUT2D eigenvalue weighted by atomic mass is 10.1. The second-order valence-corrected chi connectivity index (χ2v) is 8.72. The molecule has 3 rings (SSSR count). The van der Waals surface area contributed by atoms with Crippen molar-refractivity contribution in [1.29, 1.82) is 0 Å². The molecule has 0 fully saturated rings. The average Bonchev–Trinajstić information content (AvgIpc) is 3.22. The first-order valence-corrected chi connectivity index (χ1v) is 10.9. The van der Waals surface area contributed by atoms with Gasteiger partial charge in [-0.25, -0.2) is 13.2 Å². The van der Waals surface area contributed by atoms with Crippen molar-refractivity contribution in [3.63, 3.8) is 0 Å². The van der Waals surface area contributed by atoms with E-state index in [4.69, 9.17) is 9.26 Å². The second kappa shape index (κ2) is 9.27. The third-order valence-corrected chi connectivity index (χ3v) is 6.49. The number of carbonyl (C=O) groups is 1. The summed E-state index contributed by atoms with van der Waals surface area (Å²) in [6, 6.07) is 11.5. The van der Waals surface area contributed by atoms with Crippen LogP contribution in [0.15, 0.2) is 51.9 Å². The molecular formula is C21H23N3O6S. The smallest absolute Gasteiger partial charge is 0.337 e. The Morgan fingerprint density at radius 1 is 1.16 bits per heavy atom. The number of rotatable bonds is 8. The third kappa shape index (κ3) is 4.92. The van der Waals surface area contributed by atoms with Crippen LogP contribution in [0.5, 0.6) is 5.75 Å². The summed E-state index contributed by atoms with van der Waals surface area (Å²) in [4.78, 5) is 16.1. The van der Waals surface area contributed by atoms with E-state index < -0.39 is 16.0 Å². The van der Waals surface area contributed by atoms with Gasteiger partial charge in [-0.3, -0.25) is 0 Å². The standard InChI is InChI=1S/C21H23N3O6S/c1-5-29-17-10-8-15(9-11-17)20-22-19(30-23-20)13-24(3)31(26,27)18-12-16(21(25)28-4)7-6-14(18)2/h6-12H,5,13H2,1-4H3. The number of hydrogen-bond acceptors (Lipinski definition) is 8.